The van der Waals surface area contributed by atoms with Crippen LogP contribution in [0.25, 0.3) is 28.0 Å². The van der Waals surface area contributed by atoms with Crippen LogP contribution in [0.1, 0.15) is 31.8 Å². The lowest BCUT2D eigenvalue weighted by molar-refractivity contribution is 0.0988. The summed E-state index contributed by atoms with van der Waals surface area (Å²) in [5, 5.41) is 12.1. The van der Waals surface area contributed by atoms with Gasteiger partial charge >= 0.3 is 0 Å². The number of phenols is 1. The van der Waals surface area contributed by atoms with E-state index in [0.29, 0.717) is 28.3 Å². The molecule has 6 rings (SSSR count). The molecule has 0 saturated heterocycles. The third-order valence-corrected chi connectivity index (χ3v) is 6.42. The Kier molecular flexibility index (Phi) is 8.46. The highest BCUT2D eigenvalue weighted by Gasteiger charge is 2.10. The number of benzene rings is 5. The number of hydrogen-bond acceptors (Lipinski definition) is 5. The minimum absolute atomic E-state index is 0.361. The molecule has 0 aliphatic heterocycles. The van der Waals surface area contributed by atoms with Crippen LogP contribution in [-0.4, -0.2) is 16.9 Å². The molecular weight excluding hydrogens is 500 g/mol. The van der Waals surface area contributed by atoms with Crippen molar-refractivity contribution in [3.63, 3.8) is 0 Å². The quantitative estimate of drug-likeness (QED) is 0.194. The van der Waals surface area contributed by atoms with Gasteiger partial charge in [0.15, 0.2) is 0 Å². The van der Waals surface area contributed by atoms with Crippen LogP contribution in [0.2, 0.25) is 0 Å². The summed E-state index contributed by atoms with van der Waals surface area (Å²) in [5.74, 6) is -0.669. The summed E-state index contributed by atoms with van der Waals surface area (Å²) in [6, 6.07) is 31.6. The second kappa shape index (κ2) is 12.3. The van der Waals surface area contributed by atoms with Crippen LogP contribution in [0.5, 0.6) is 5.75 Å². The van der Waals surface area contributed by atoms with E-state index in [1.807, 2.05) is 60.7 Å². The lowest BCUT2D eigenvalue weighted by Gasteiger charge is -2.13. The van der Waals surface area contributed by atoms with Gasteiger partial charge < -0.3 is 28.0 Å². The van der Waals surface area contributed by atoms with Crippen LogP contribution >= 0.6 is 0 Å². The molecule has 0 unspecified atom stereocenters. The average Bonchev–Trinajstić information content (AvgIpc) is 2.98. The number of hydrogen-bond donors (Lipinski definition) is 5. The Morgan fingerprint density at radius 1 is 0.650 bits per heavy atom. The number of aromatic hydroxyl groups is 1. The normalized spacial score (nSPS) is 11.0. The first kappa shape index (κ1) is 27.5. The largest absolute Gasteiger partial charge is 0.507 e. The number of allylic oxidation sites excluding steroid dienone is 1. The molecule has 7 heteroatoms. The highest BCUT2D eigenvalue weighted by atomic mass is 16.3. The molecule has 5 aromatic carbocycles. The van der Waals surface area contributed by atoms with Gasteiger partial charge in [0.25, 0.3) is 0 Å². The topological polar surface area (TPSA) is 158 Å². The Hall–Kier alpha value is -5.56. The molecule has 1 aliphatic rings. The van der Waals surface area contributed by atoms with Gasteiger partial charge in [0.2, 0.25) is 11.8 Å². The van der Waals surface area contributed by atoms with Gasteiger partial charge in [-0.2, -0.15) is 0 Å². The van der Waals surface area contributed by atoms with E-state index in [0.717, 1.165) is 23.1 Å². The molecule has 0 radical (unpaired) electrons. The van der Waals surface area contributed by atoms with E-state index in [-0.39, 0.29) is 0 Å². The molecule has 5 aromatic rings. The van der Waals surface area contributed by atoms with Crippen molar-refractivity contribution in [2.24, 2.45) is 11.5 Å². The van der Waals surface area contributed by atoms with Crippen LogP contribution in [0.3, 0.4) is 0 Å². The number of primary amides is 2. The number of rotatable bonds is 3. The minimum atomic E-state index is -0.522. The highest BCUT2D eigenvalue weighted by molar-refractivity contribution is 5.97. The first-order valence-corrected chi connectivity index (χ1v) is 12.5. The number of phenolic OH excluding ortho intramolecular Hbond substituents is 1. The van der Waals surface area contributed by atoms with Gasteiger partial charge in [-0.25, -0.2) is 0 Å². The number of anilines is 2. The van der Waals surface area contributed by atoms with Gasteiger partial charge in [-0.1, -0.05) is 72.8 Å². The van der Waals surface area contributed by atoms with Crippen molar-refractivity contribution in [3.05, 3.63) is 131 Å². The summed E-state index contributed by atoms with van der Waals surface area (Å²) < 4.78 is 0. The maximum Gasteiger partial charge on any atom is 0.248 e. The van der Waals surface area contributed by atoms with Gasteiger partial charge in [0.05, 0.1) is 11.4 Å². The smallest absolute Gasteiger partial charge is 0.248 e. The van der Waals surface area contributed by atoms with Gasteiger partial charge in [-0.05, 0) is 76.3 Å². The van der Waals surface area contributed by atoms with Crippen molar-refractivity contribution in [1.82, 2.24) is 0 Å². The monoisotopic (exact) mass is 530 g/mol. The predicted octanol–water partition coefficient (Wildman–Crippen LogP) is 5.52. The molecule has 1 aliphatic carbocycles. The predicted molar refractivity (Wildman–Crippen MR) is 163 cm³/mol. The molecule has 7 nitrogen and oxygen atoms in total. The summed E-state index contributed by atoms with van der Waals surface area (Å²) in [5.41, 5.74) is 27.8. The van der Waals surface area contributed by atoms with Crippen molar-refractivity contribution >= 4 is 40.0 Å². The minimum Gasteiger partial charge on any atom is -0.507 e. The van der Waals surface area contributed by atoms with Crippen molar-refractivity contribution in [3.8, 4) is 16.9 Å². The Labute approximate surface area is 232 Å². The number of nitrogen functional groups attached to an aromatic ring is 2. The highest BCUT2D eigenvalue weighted by Crippen LogP contribution is 2.34. The zero-order valence-corrected chi connectivity index (χ0v) is 21.7. The summed E-state index contributed by atoms with van der Waals surface area (Å²) in [6.45, 7) is 0. The molecule has 200 valence electrons. The number of carbonyl (C=O) groups is 2. The maximum absolute atomic E-state index is 10.6. The molecule has 9 N–H and O–H groups in total. The van der Waals surface area contributed by atoms with Crippen molar-refractivity contribution in [2.75, 3.05) is 11.5 Å². The van der Waals surface area contributed by atoms with Crippen LogP contribution in [0, 0.1) is 0 Å². The lowest BCUT2D eigenvalue weighted by atomic mass is 9.93. The van der Waals surface area contributed by atoms with E-state index in [1.165, 1.54) is 40.6 Å². The van der Waals surface area contributed by atoms with Crippen molar-refractivity contribution in [1.29, 1.82) is 0 Å². The molecule has 0 aromatic heterocycles. The summed E-state index contributed by atoms with van der Waals surface area (Å²) in [6.07, 6.45) is 5.06. The molecular formula is C33H30N4O3. The summed E-state index contributed by atoms with van der Waals surface area (Å²) in [7, 11) is 0. The Balaban J connectivity index is 0.000000139. The maximum atomic E-state index is 10.6. The zero-order chi connectivity index (χ0) is 28.6. The SMILES string of the molecule is NC(=O)c1ccc(C(N)=O)cc1.Nc1ccc(-c2ccccc2)cc1N.Oc1ccc2cccc3c2c1C=CC3. The van der Waals surface area contributed by atoms with Crippen molar-refractivity contribution in [2.45, 2.75) is 6.42 Å². The molecule has 0 fully saturated rings. The fourth-order valence-electron chi connectivity index (χ4n) is 4.30. The van der Waals surface area contributed by atoms with E-state index < -0.39 is 11.8 Å². The van der Waals surface area contributed by atoms with E-state index in [1.54, 1.807) is 6.07 Å². The second-order valence-corrected chi connectivity index (χ2v) is 9.14. The van der Waals surface area contributed by atoms with Gasteiger partial charge in [-0.3, -0.25) is 9.59 Å². The molecule has 0 spiro atoms. The Bertz CT molecular complexity index is 1660. The van der Waals surface area contributed by atoms with E-state index in [2.05, 4.69) is 24.3 Å². The summed E-state index contributed by atoms with van der Waals surface area (Å²) in [4.78, 5) is 21.2. The van der Waals surface area contributed by atoms with Crippen LogP contribution in [-0.2, 0) is 6.42 Å². The van der Waals surface area contributed by atoms with Crippen molar-refractivity contribution < 1.29 is 14.7 Å². The first-order chi connectivity index (χ1) is 19.2. The molecule has 40 heavy (non-hydrogen) atoms. The Morgan fingerprint density at radius 3 is 1.90 bits per heavy atom. The molecule has 2 amide bonds. The number of carbonyl (C=O) groups excluding carboxylic acids is 2. The first-order valence-electron chi connectivity index (χ1n) is 12.5. The van der Waals surface area contributed by atoms with Gasteiger partial charge in [-0.15, -0.1) is 0 Å². The van der Waals surface area contributed by atoms with E-state index >= 15 is 0 Å². The third kappa shape index (κ3) is 6.46. The van der Waals surface area contributed by atoms with E-state index in [9.17, 15) is 14.7 Å². The molecule has 0 bridgehead atoms. The van der Waals surface area contributed by atoms with Crippen LogP contribution < -0.4 is 22.9 Å². The van der Waals surface area contributed by atoms with Crippen LogP contribution in [0.4, 0.5) is 11.4 Å². The zero-order valence-electron chi connectivity index (χ0n) is 21.7. The summed E-state index contributed by atoms with van der Waals surface area (Å²) >= 11 is 0. The van der Waals surface area contributed by atoms with Gasteiger partial charge in [0.1, 0.15) is 5.75 Å². The van der Waals surface area contributed by atoms with Crippen LogP contribution in [0.15, 0.2) is 109 Å². The van der Waals surface area contributed by atoms with Gasteiger partial charge in [0, 0.05) is 16.7 Å². The third-order valence-electron chi connectivity index (χ3n) is 6.42. The lowest BCUT2D eigenvalue weighted by Crippen LogP contribution is -2.13. The second-order valence-electron chi connectivity index (χ2n) is 9.14. The Morgan fingerprint density at radius 2 is 1.30 bits per heavy atom. The molecule has 0 atom stereocenters. The average molecular weight is 531 g/mol. The molecule has 0 heterocycles. The number of nitrogens with two attached hydrogens (primary N) is 4. The fourth-order valence-corrected chi connectivity index (χ4v) is 4.30. The van der Waals surface area contributed by atoms with E-state index in [4.69, 9.17) is 22.9 Å². The number of amides is 2. The standard InChI is InChI=1S/C13H10O.C12H12N2.C8H8N2O2/c14-12-8-7-10-4-1-3-9-5-2-6-11(12)13(9)10;13-11-7-6-10(8-12(11)14)9-4-2-1-3-5-9;9-7(11)5-1-2-6(4-3-5)8(10)12/h1-4,6-8,14H,5H2;1-8H,13-14H2;1-4H,(H2,9,11)(H2,10,12). The fraction of sp³-hybridized carbons (Fsp3) is 0.0303. The molecule has 0 saturated carbocycles.